The molecule has 1 amide bonds. The van der Waals surface area contributed by atoms with E-state index in [2.05, 4.69) is 18.9 Å². The average molecular weight is 631 g/mol. The Kier molecular flexibility index (Phi) is 9.38. The van der Waals surface area contributed by atoms with Crippen LogP contribution in [0.5, 0.6) is 0 Å². The van der Waals surface area contributed by atoms with Crippen molar-refractivity contribution in [2.24, 2.45) is 17.3 Å². The Morgan fingerprint density at radius 1 is 1.14 bits per heavy atom. The normalized spacial score (nSPS) is 24.4. The first kappa shape index (κ1) is 32.3. The molecule has 1 aromatic heterocycles. The van der Waals surface area contributed by atoms with Crippen LogP contribution in [0.15, 0.2) is 18.3 Å². The van der Waals surface area contributed by atoms with Crippen LogP contribution in [0.25, 0.3) is 0 Å². The SMILES string of the molecule is Cc1cc(Cl)c(C(=O)CN(C(=O)c2cnn(C3CCC(C)(C(=O)O)CC3)c2C(F)(F)F)C2CC(CC(C)C)C2)c(Cl)c1. The maximum absolute atomic E-state index is 14.5. The summed E-state index contributed by atoms with van der Waals surface area (Å²) in [5.41, 5.74) is -2.07. The molecule has 42 heavy (non-hydrogen) atoms. The standard InChI is InChI=1S/C30H36Cl2F3N3O4/c1-16(2)9-18-12-20(13-18)37(15-24(39)25-22(31)10-17(3)11-23(25)32)27(40)21-14-36-38(26(21)30(33,34)35)19-5-7-29(4,8-6-19)28(41)42/h10-11,14,16,18-20H,5-9,12-13,15H2,1-4H3,(H,41,42). The zero-order valence-corrected chi connectivity index (χ0v) is 25.6. The van der Waals surface area contributed by atoms with Crippen molar-refractivity contribution in [1.82, 2.24) is 14.7 Å². The Hall–Kier alpha value is -2.59. The average Bonchev–Trinajstić information content (AvgIpc) is 3.30. The lowest BCUT2D eigenvalue weighted by molar-refractivity contribution is -0.152. The van der Waals surface area contributed by atoms with Gasteiger partial charge in [0.25, 0.3) is 5.91 Å². The van der Waals surface area contributed by atoms with Crippen LogP contribution in [0.2, 0.25) is 10.0 Å². The zero-order valence-electron chi connectivity index (χ0n) is 24.1. The number of amides is 1. The molecule has 0 aliphatic heterocycles. The van der Waals surface area contributed by atoms with Crippen LogP contribution < -0.4 is 0 Å². The number of aromatic nitrogens is 2. The summed E-state index contributed by atoms with van der Waals surface area (Å²) in [7, 11) is 0. The van der Waals surface area contributed by atoms with E-state index in [9.17, 15) is 32.7 Å². The molecule has 7 nitrogen and oxygen atoms in total. The van der Waals surface area contributed by atoms with E-state index in [1.54, 1.807) is 26.0 Å². The summed E-state index contributed by atoms with van der Waals surface area (Å²) >= 11 is 12.6. The second-order valence-corrected chi connectivity index (χ2v) is 13.3. The Bertz CT molecular complexity index is 1340. The number of carboxylic acids is 1. The largest absolute Gasteiger partial charge is 0.481 e. The molecule has 12 heteroatoms. The molecule has 0 radical (unpaired) electrons. The monoisotopic (exact) mass is 629 g/mol. The molecule has 0 unspecified atom stereocenters. The van der Waals surface area contributed by atoms with Crippen molar-refractivity contribution in [1.29, 1.82) is 0 Å². The number of aryl methyl sites for hydroxylation is 1. The fourth-order valence-electron chi connectivity index (χ4n) is 6.31. The first-order valence-corrected chi connectivity index (χ1v) is 14.9. The van der Waals surface area contributed by atoms with Gasteiger partial charge in [0.05, 0.1) is 45.4 Å². The molecule has 2 aromatic rings. The van der Waals surface area contributed by atoms with Gasteiger partial charge in [-0.05, 0) is 88.3 Å². The fraction of sp³-hybridized carbons (Fsp3) is 0.600. The number of carbonyl (C=O) groups is 3. The first-order valence-electron chi connectivity index (χ1n) is 14.2. The first-order chi connectivity index (χ1) is 19.5. The summed E-state index contributed by atoms with van der Waals surface area (Å²) in [6.07, 6.45) is -1.23. The quantitative estimate of drug-likeness (QED) is 0.285. The number of carbonyl (C=O) groups excluding carboxylic acids is 2. The van der Waals surface area contributed by atoms with Crippen molar-refractivity contribution in [3.63, 3.8) is 0 Å². The Balaban J connectivity index is 1.67. The summed E-state index contributed by atoms with van der Waals surface area (Å²) in [5, 5.41) is 13.8. The third kappa shape index (κ3) is 6.64. The van der Waals surface area contributed by atoms with Gasteiger partial charge >= 0.3 is 12.1 Å². The summed E-state index contributed by atoms with van der Waals surface area (Å²) in [4.78, 5) is 40.2. The lowest BCUT2D eigenvalue weighted by Crippen LogP contribution is -2.50. The minimum absolute atomic E-state index is 0.0233. The van der Waals surface area contributed by atoms with Crippen LogP contribution in [0.3, 0.4) is 0 Å². The van der Waals surface area contributed by atoms with Gasteiger partial charge in [0.2, 0.25) is 0 Å². The minimum Gasteiger partial charge on any atom is -0.481 e. The molecule has 2 aliphatic carbocycles. The number of ketones is 1. The van der Waals surface area contributed by atoms with E-state index in [4.69, 9.17) is 23.2 Å². The van der Waals surface area contributed by atoms with Crippen LogP contribution in [-0.2, 0) is 11.0 Å². The van der Waals surface area contributed by atoms with Crippen LogP contribution in [0, 0.1) is 24.2 Å². The second kappa shape index (κ2) is 12.2. The smallest absolute Gasteiger partial charge is 0.433 e. The Labute approximate surface area is 253 Å². The minimum atomic E-state index is -4.91. The maximum Gasteiger partial charge on any atom is 0.433 e. The number of hydrogen-bond donors (Lipinski definition) is 1. The summed E-state index contributed by atoms with van der Waals surface area (Å²) in [5.74, 6) is -1.77. The van der Waals surface area contributed by atoms with E-state index in [1.807, 2.05) is 0 Å². The van der Waals surface area contributed by atoms with E-state index < -0.39 is 59.1 Å². The van der Waals surface area contributed by atoms with Crippen LogP contribution >= 0.6 is 23.2 Å². The molecule has 2 saturated carbocycles. The molecule has 1 N–H and O–H groups in total. The Morgan fingerprint density at radius 2 is 1.71 bits per heavy atom. The maximum atomic E-state index is 14.5. The van der Waals surface area contributed by atoms with E-state index in [-0.39, 0.29) is 41.3 Å². The second-order valence-electron chi connectivity index (χ2n) is 12.5. The molecule has 0 atom stereocenters. The van der Waals surface area contributed by atoms with Gasteiger partial charge in [-0.1, -0.05) is 37.0 Å². The van der Waals surface area contributed by atoms with E-state index in [0.29, 0.717) is 24.7 Å². The van der Waals surface area contributed by atoms with Crippen LogP contribution in [0.4, 0.5) is 13.2 Å². The number of halogens is 5. The predicted molar refractivity (Wildman–Crippen MR) is 153 cm³/mol. The molecule has 230 valence electrons. The number of aliphatic carboxylic acids is 1. The van der Waals surface area contributed by atoms with Gasteiger partial charge in [-0.3, -0.25) is 19.1 Å². The number of nitrogens with zero attached hydrogens (tertiary/aromatic N) is 3. The van der Waals surface area contributed by atoms with Crippen LogP contribution in [0.1, 0.15) is 104 Å². The molecule has 2 fully saturated rings. The van der Waals surface area contributed by atoms with Gasteiger partial charge in [0.1, 0.15) is 0 Å². The highest BCUT2D eigenvalue weighted by Gasteiger charge is 2.46. The molecule has 0 spiro atoms. The molecule has 2 aliphatic rings. The summed E-state index contributed by atoms with van der Waals surface area (Å²) in [6, 6.07) is 2.00. The van der Waals surface area contributed by atoms with Crippen molar-refractivity contribution in [2.45, 2.75) is 90.9 Å². The molecule has 0 bridgehead atoms. The van der Waals surface area contributed by atoms with Crippen molar-refractivity contribution in [3.05, 3.63) is 50.8 Å². The lowest BCUT2D eigenvalue weighted by Gasteiger charge is -2.43. The number of rotatable bonds is 9. The van der Waals surface area contributed by atoms with E-state index in [1.165, 1.54) is 4.90 Å². The molecule has 1 heterocycles. The number of Topliss-reactive ketones (excluding diaryl/α,β-unsaturated/α-hetero) is 1. The van der Waals surface area contributed by atoms with Gasteiger partial charge in [-0.15, -0.1) is 0 Å². The Morgan fingerprint density at radius 3 is 2.21 bits per heavy atom. The van der Waals surface area contributed by atoms with Gasteiger partial charge in [0, 0.05) is 6.04 Å². The van der Waals surface area contributed by atoms with Gasteiger partial charge in [-0.25, -0.2) is 0 Å². The van der Waals surface area contributed by atoms with Crippen LogP contribution in [-0.4, -0.2) is 50.0 Å². The molecule has 1 aromatic carbocycles. The van der Waals surface area contributed by atoms with Crippen molar-refractivity contribution in [2.75, 3.05) is 6.54 Å². The van der Waals surface area contributed by atoms with Crippen molar-refractivity contribution < 1.29 is 32.7 Å². The predicted octanol–water partition coefficient (Wildman–Crippen LogP) is 7.87. The van der Waals surface area contributed by atoms with Gasteiger partial charge < -0.3 is 10.0 Å². The molecule has 0 saturated heterocycles. The van der Waals surface area contributed by atoms with Crippen molar-refractivity contribution in [3.8, 4) is 0 Å². The number of hydrogen-bond acceptors (Lipinski definition) is 4. The van der Waals surface area contributed by atoms with Crippen molar-refractivity contribution >= 4 is 40.9 Å². The third-order valence-electron chi connectivity index (χ3n) is 8.71. The molecular formula is C30H36Cl2F3N3O4. The highest BCUT2D eigenvalue weighted by atomic mass is 35.5. The summed E-state index contributed by atoms with van der Waals surface area (Å²) < 4.78 is 44.5. The topological polar surface area (TPSA) is 92.5 Å². The van der Waals surface area contributed by atoms with Gasteiger partial charge in [-0.2, -0.15) is 18.3 Å². The molecule has 4 rings (SSSR count). The molecular weight excluding hydrogens is 594 g/mol. The van der Waals surface area contributed by atoms with E-state index >= 15 is 0 Å². The lowest BCUT2D eigenvalue weighted by atomic mass is 9.74. The number of alkyl halides is 3. The van der Waals surface area contributed by atoms with Gasteiger partial charge in [0.15, 0.2) is 11.5 Å². The zero-order chi connectivity index (χ0) is 31.1. The highest BCUT2D eigenvalue weighted by molar-refractivity contribution is 6.40. The number of carboxylic acid groups (broad SMARTS) is 1. The number of benzene rings is 1. The third-order valence-corrected chi connectivity index (χ3v) is 9.31. The highest BCUT2D eigenvalue weighted by Crippen LogP contribution is 2.44. The van der Waals surface area contributed by atoms with E-state index in [0.717, 1.165) is 22.9 Å². The summed E-state index contributed by atoms with van der Waals surface area (Å²) in [6.45, 7) is 7.02. The fourth-order valence-corrected chi connectivity index (χ4v) is 7.12.